The average Bonchev–Trinajstić information content (AvgIpc) is 2.25. The Morgan fingerprint density at radius 3 is 2.62 bits per heavy atom. The van der Waals surface area contributed by atoms with Gasteiger partial charge in [-0.15, -0.1) is 6.58 Å². The Labute approximate surface area is 97.4 Å². The van der Waals surface area contributed by atoms with E-state index in [9.17, 15) is 4.39 Å². The molecule has 2 heteroatoms. The summed E-state index contributed by atoms with van der Waals surface area (Å²) in [5.74, 6) is 0.407. The molecule has 1 unspecified atom stereocenters. The van der Waals surface area contributed by atoms with E-state index >= 15 is 0 Å². The van der Waals surface area contributed by atoms with Crippen LogP contribution in [0.15, 0.2) is 36.9 Å². The van der Waals surface area contributed by atoms with Gasteiger partial charge >= 0.3 is 0 Å². The lowest BCUT2D eigenvalue weighted by Crippen LogP contribution is -2.25. The zero-order valence-corrected chi connectivity index (χ0v) is 10.0. The number of halogens is 1. The van der Waals surface area contributed by atoms with Crippen molar-refractivity contribution in [3.05, 3.63) is 48.3 Å². The van der Waals surface area contributed by atoms with Crippen molar-refractivity contribution in [2.45, 2.75) is 26.3 Å². The molecule has 1 atom stereocenters. The lowest BCUT2D eigenvalue weighted by Gasteiger charge is -2.19. The fraction of sp³-hybridized carbons (Fsp3) is 0.429. The van der Waals surface area contributed by atoms with Gasteiger partial charge in [-0.2, -0.15) is 0 Å². The Balaban J connectivity index is 2.76. The second-order valence-electron chi connectivity index (χ2n) is 4.40. The molecule has 0 amide bonds. The van der Waals surface area contributed by atoms with Crippen molar-refractivity contribution >= 4 is 0 Å². The van der Waals surface area contributed by atoms with Gasteiger partial charge < -0.3 is 5.32 Å². The van der Waals surface area contributed by atoms with E-state index < -0.39 is 0 Å². The molecule has 0 heterocycles. The standard InChI is InChI=1S/C14H20FN/c1-4-7-14(16-10-11(2)3)12-8-5-6-9-13(12)15/h4-6,8-9,11,14,16H,1,7,10H2,2-3H3. The van der Waals surface area contributed by atoms with E-state index in [0.29, 0.717) is 5.92 Å². The molecule has 1 aromatic rings. The molecule has 88 valence electrons. The summed E-state index contributed by atoms with van der Waals surface area (Å²) in [5.41, 5.74) is 0.725. The monoisotopic (exact) mass is 221 g/mol. The van der Waals surface area contributed by atoms with Crippen LogP contribution in [0.2, 0.25) is 0 Å². The van der Waals surface area contributed by atoms with Crippen LogP contribution >= 0.6 is 0 Å². The van der Waals surface area contributed by atoms with Gasteiger partial charge in [-0.05, 0) is 24.9 Å². The van der Waals surface area contributed by atoms with E-state index in [2.05, 4.69) is 25.7 Å². The van der Waals surface area contributed by atoms with Crippen LogP contribution in [0.4, 0.5) is 4.39 Å². The van der Waals surface area contributed by atoms with Crippen LogP contribution in [-0.4, -0.2) is 6.54 Å². The molecule has 0 aromatic heterocycles. The van der Waals surface area contributed by atoms with E-state index in [0.717, 1.165) is 18.5 Å². The normalized spacial score (nSPS) is 12.8. The van der Waals surface area contributed by atoms with Crippen LogP contribution in [0, 0.1) is 11.7 Å². The zero-order chi connectivity index (χ0) is 12.0. The minimum atomic E-state index is -0.148. The first kappa shape index (κ1) is 12.9. The highest BCUT2D eigenvalue weighted by atomic mass is 19.1. The van der Waals surface area contributed by atoms with Gasteiger partial charge in [0.25, 0.3) is 0 Å². The van der Waals surface area contributed by atoms with Crippen molar-refractivity contribution in [2.75, 3.05) is 6.54 Å². The molecule has 0 saturated carbocycles. The minimum Gasteiger partial charge on any atom is -0.309 e. The largest absolute Gasteiger partial charge is 0.309 e. The number of hydrogen-bond acceptors (Lipinski definition) is 1. The summed E-state index contributed by atoms with van der Waals surface area (Å²) in [6.07, 6.45) is 2.57. The highest BCUT2D eigenvalue weighted by molar-refractivity contribution is 5.21. The van der Waals surface area contributed by atoms with Crippen molar-refractivity contribution in [1.82, 2.24) is 5.32 Å². The Morgan fingerprint density at radius 1 is 1.38 bits per heavy atom. The molecule has 0 spiro atoms. The Kier molecular flexibility index (Phi) is 5.20. The Hall–Kier alpha value is -1.15. The topological polar surface area (TPSA) is 12.0 Å². The van der Waals surface area contributed by atoms with Crippen molar-refractivity contribution < 1.29 is 4.39 Å². The fourth-order valence-electron chi connectivity index (χ4n) is 1.62. The molecule has 0 saturated heterocycles. The molecule has 0 aliphatic rings. The second kappa shape index (κ2) is 6.44. The van der Waals surface area contributed by atoms with Gasteiger partial charge in [0, 0.05) is 11.6 Å². The molecule has 0 radical (unpaired) electrons. The fourth-order valence-corrected chi connectivity index (χ4v) is 1.62. The summed E-state index contributed by atoms with van der Waals surface area (Å²) in [7, 11) is 0. The van der Waals surface area contributed by atoms with Crippen LogP contribution in [-0.2, 0) is 0 Å². The number of nitrogens with one attached hydrogen (secondary N) is 1. The first-order valence-corrected chi connectivity index (χ1v) is 5.73. The third-order valence-corrected chi connectivity index (χ3v) is 2.46. The van der Waals surface area contributed by atoms with Crippen molar-refractivity contribution in [3.8, 4) is 0 Å². The van der Waals surface area contributed by atoms with E-state index in [-0.39, 0.29) is 11.9 Å². The summed E-state index contributed by atoms with van der Waals surface area (Å²) in [4.78, 5) is 0. The third kappa shape index (κ3) is 3.78. The van der Waals surface area contributed by atoms with E-state index in [1.54, 1.807) is 6.07 Å². The van der Waals surface area contributed by atoms with Gasteiger partial charge in [-0.25, -0.2) is 4.39 Å². The molecule has 0 aliphatic heterocycles. The summed E-state index contributed by atoms with van der Waals surface area (Å²) >= 11 is 0. The molecule has 0 aliphatic carbocycles. The van der Waals surface area contributed by atoms with Crippen LogP contribution < -0.4 is 5.32 Å². The molecule has 1 nitrogen and oxygen atoms in total. The Morgan fingerprint density at radius 2 is 2.06 bits per heavy atom. The first-order valence-electron chi connectivity index (χ1n) is 5.73. The highest BCUT2D eigenvalue weighted by Gasteiger charge is 2.13. The smallest absolute Gasteiger partial charge is 0.127 e. The minimum absolute atomic E-state index is 0.0288. The lowest BCUT2D eigenvalue weighted by molar-refractivity contribution is 0.460. The van der Waals surface area contributed by atoms with Gasteiger partial charge in [-0.1, -0.05) is 38.1 Å². The van der Waals surface area contributed by atoms with Gasteiger partial charge in [0.1, 0.15) is 5.82 Å². The van der Waals surface area contributed by atoms with Crippen molar-refractivity contribution in [2.24, 2.45) is 5.92 Å². The van der Waals surface area contributed by atoms with Crippen molar-refractivity contribution in [3.63, 3.8) is 0 Å². The Bertz CT molecular complexity index is 333. The van der Waals surface area contributed by atoms with E-state index in [1.807, 2.05) is 18.2 Å². The number of benzene rings is 1. The summed E-state index contributed by atoms with van der Waals surface area (Å²) in [6.45, 7) is 8.88. The third-order valence-electron chi connectivity index (χ3n) is 2.46. The van der Waals surface area contributed by atoms with Crippen LogP contribution in [0.25, 0.3) is 0 Å². The highest BCUT2D eigenvalue weighted by Crippen LogP contribution is 2.20. The molecule has 1 rings (SSSR count). The number of rotatable bonds is 6. The predicted octanol–water partition coefficient (Wildman–Crippen LogP) is 3.69. The number of hydrogen-bond donors (Lipinski definition) is 1. The first-order chi connectivity index (χ1) is 7.65. The quantitative estimate of drug-likeness (QED) is 0.722. The second-order valence-corrected chi connectivity index (χ2v) is 4.40. The molecular weight excluding hydrogens is 201 g/mol. The molecule has 0 fully saturated rings. The maximum absolute atomic E-state index is 13.6. The average molecular weight is 221 g/mol. The van der Waals surface area contributed by atoms with Gasteiger partial charge in [-0.3, -0.25) is 0 Å². The molecule has 1 N–H and O–H groups in total. The van der Waals surface area contributed by atoms with Crippen LogP contribution in [0.1, 0.15) is 31.9 Å². The van der Waals surface area contributed by atoms with Gasteiger partial charge in [0.05, 0.1) is 0 Å². The van der Waals surface area contributed by atoms with Gasteiger partial charge in [0.15, 0.2) is 0 Å². The lowest BCUT2D eigenvalue weighted by atomic mass is 10.0. The van der Waals surface area contributed by atoms with Gasteiger partial charge in [0.2, 0.25) is 0 Å². The zero-order valence-electron chi connectivity index (χ0n) is 10.0. The molecule has 0 bridgehead atoms. The summed E-state index contributed by atoms with van der Waals surface area (Å²) < 4.78 is 13.6. The summed E-state index contributed by atoms with van der Waals surface area (Å²) in [6, 6.07) is 6.94. The van der Waals surface area contributed by atoms with Crippen LogP contribution in [0.5, 0.6) is 0 Å². The van der Waals surface area contributed by atoms with Crippen LogP contribution in [0.3, 0.4) is 0 Å². The maximum Gasteiger partial charge on any atom is 0.127 e. The molecule has 1 aromatic carbocycles. The predicted molar refractivity (Wildman–Crippen MR) is 66.8 cm³/mol. The SMILES string of the molecule is C=CCC(NCC(C)C)c1ccccc1F. The van der Waals surface area contributed by atoms with E-state index in [4.69, 9.17) is 0 Å². The molecule has 16 heavy (non-hydrogen) atoms. The maximum atomic E-state index is 13.6. The summed E-state index contributed by atoms with van der Waals surface area (Å²) in [5, 5.41) is 3.37. The molecular formula is C14H20FN. The van der Waals surface area contributed by atoms with Crippen molar-refractivity contribution in [1.29, 1.82) is 0 Å². The van der Waals surface area contributed by atoms with E-state index in [1.165, 1.54) is 6.07 Å².